The molecule has 1 aliphatic rings. The van der Waals surface area contributed by atoms with Crippen LogP contribution in [-0.4, -0.2) is 23.5 Å². The Morgan fingerprint density at radius 3 is 3.06 bits per heavy atom. The summed E-state index contributed by atoms with van der Waals surface area (Å²) in [5.74, 6) is 0.547. The SMILES string of the molecule is NC(CNC(=O)c1cccc2cc[nH]c12)C1CC1. The molecule has 1 atom stereocenters. The summed E-state index contributed by atoms with van der Waals surface area (Å²) in [6.07, 6.45) is 4.24. The quantitative estimate of drug-likeness (QED) is 0.764. The molecule has 2 aromatic rings. The van der Waals surface area contributed by atoms with E-state index in [-0.39, 0.29) is 11.9 Å². The van der Waals surface area contributed by atoms with Crippen molar-refractivity contribution in [2.24, 2.45) is 11.7 Å². The topological polar surface area (TPSA) is 70.9 Å². The molecule has 4 nitrogen and oxygen atoms in total. The van der Waals surface area contributed by atoms with Crippen LogP contribution in [0, 0.1) is 5.92 Å². The molecule has 4 N–H and O–H groups in total. The molecular formula is C14H17N3O. The van der Waals surface area contributed by atoms with Gasteiger partial charge in [-0.05, 0) is 30.9 Å². The van der Waals surface area contributed by atoms with E-state index < -0.39 is 0 Å². The number of nitrogens with two attached hydrogens (primary N) is 1. The van der Waals surface area contributed by atoms with Crippen LogP contribution in [0.5, 0.6) is 0 Å². The van der Waals surface area contributed by atoms with Gasteiger partial charge in [-0.2, -0.15) is 0 Å². The van der Waals surface area contributed by atoms with E-state index in [9.17, 15) is 4.79 Å². The van der Waals surface area contributed by atoms with Gasteiger partial charge in [-0.15, -0.1) is 0 Å². The average Bonchev–Trinajstić information content (AvgIpc) is 3.12. The highest BCUT2D eigenvalue weighted by molar-refractivity contribution is 6.05. The van der Waals surface area contributed by atoms with Crippen LogP contribution in [0.2, 0.25) is 0 Å². The van der Waals surface area contributed by atoms with E-state index in [0.29, 0.717) is 18.0 Å². The van der Waals surface area contributed by atoms with Crippen molar-refractivity contribution in [2.75, 3.05) is 6.54 Å². The monoisotopic (exact) mass is 243 g/mol. The highest BCUT2D eigenvalue weighted by atomic mass is 16.1. The van der Waals surface area contributed by atoms with E-state index in [1.165, 1.54) is 12.8 Å². The predicted molar refractivity (Wildman–Crippen MR) is 71.3 cm³/mol. The van der Waals surface area contributed by atoms with Crippen LogP contribution in [-0.2, 0) is 0 Å². The normalized spacial score (nSPS) is 16.7. The van der Waals surface area contributed by atoms with Crippen molar-refractivity contribution >= 4 is 16.8 Å². The molecule has 1 aromatic carbocycles. The minimum absolute atomic E-state index is 0.0563. The van der Waals surface area contributed by atoms with Gasteiger partial charge in [0.2, 0.25) is 0 Å². The molecule has 1 heterocycles. The summed E-state index contributed by atoms with van der Waals surface area (Å²) in [5.41, 5.74) is 7.54. The predicted octanol–water partition coefficient (Wildman–Crippen LogP) is 1.64. The fraction of sp³-hybridized carbons (Fsp3) is 0.357. The third kappa shape index (κ3) is 2.11. The summed E-state index contributed by atoms with van der Waals surface area (Å²) >= 11 is 0. The standard InChI is InChI=1S/C14H17N3O/c15-12(9-4-5-9)8-17-14(18)11-3-1-2-10-6-7-16-13(10)11/h1-3,6-7,9,12,16H,4-5,8,15H2,(H,17,18). The van der Waals surface area contributed by atoms with Crippen LogP contribution in [0.3, 0.4) is 0 Å². The second-order valence-corrected chi connectivity index (χ2v) is 4.96. The first-order valence-corrected chi connectivity index (χ1v) is 6.35. The molecule has 1 fully saturated rings. The van der Waals surface area contributed by atoms with Crippen LogP contribution in [0.1, 0.15) is 23.2 Å². The molecule has 18 heavy (non-hydrogen) atoms. The van der Waals surface area contributed by atoms with Crippen molar-refractivity contribution in [3.8, 4) is 0 Å². The summed E-state index contributed by atoms with van der Waals surface area (Å²) in [4.78, 5) is 15.2. The second kappa shape index (κ2) is 4.46. The van der Waals surface area contributed by atoms with Gasteiger partial charge in [-0.3, -0.25) is 4.79 Å². The van der Waals surface area contributed by atoms with Crippen molar-refractivity contribution in [2.45, 2.75) is 18.9 Å². The zero-order chi connectivity index (χ0) is 12.5. The molecular weight excluding hydrogens is 226 g/mol. The first-order chi connectivity index (χ1) is 8.75. The van der Waals surface area contributed by atoms with Crippen LogP contribution in [0.15, 0.2) is 30.5 Å². The van der Waals surface area contributed by atoms with Crippen LogP contribution < -0.4 is 11.1 Å². The molecule has 1 unspecified atom stereocenters. The maximum atomic E-state index is 12.1. The number of fused-ring (bicyclic) bond motifs is 1. The van der Waals surface area contributed by atoms with Gasteiger partial charge < -0.3 is 16.0 Å². The number of H-pyrrole nitrogens is 1. The molecule has 0 aliphatic heterocycles. The first-order valence-electron chi connectivity index (χ1n) is 6.35. The smallest absolute Gasteiger partial charge is 0.253 e. The van der Waals surface area contributed by atoms with E-state index in [1.807, 2.05) is 30.5 Å². The lowest BCUT2D eigenvalue weighted by Crippen LogP contribution is -2.38. The van der Waals surface area contributed by atoms with Crippen molar-refractivity contribution < 1.29 is 4.79 Å². The average molecular weight is 243 g/mol. The number of rotatable bonds is 4. The van der Waals surface area contributed by atoms with Gasteiger partial charge in [-0.25, -0.2) is 0 Å². The summed E-state index contributed by atoms with van der Waals surface area (Å²) < 4.78 is 0. The highest BCUT2D eigenvalue weighted by Crippen LogP contribution is 2.31. The Hall–Kier alpha value is -1.81. The molecule has 1 amide bonds. The Kier molecular flexibility index (Phi) is 2.80. The number of nitrogens with one attached hydrogen (secondary N) is 2. The first kappa shape index (κ1) is 11.3. The van der Waals surface area contributed by atoms with Gasteiger partial charge in [-0.1, -0.05) is 12.1 Å². The minimum atomic E-state index is -0.0563. The van der Waals surface area contributed by atoms with E-state index in [2.05, 4.69) is 10.3 Å². The maximum Gasteiger partial charge on any atom is 0.253 e. The van der Waals surface area contributed by atoms with Gasteiger partial charge in [0.25, 0.3) is 5.91 Å². The molecule has 0 saturated heterocycles. The number of amides is 1. The molecule has 0 radical (unpaired) electrons. The number of carbonyl (C=O) groups excluding carboxylic acids is 1. The largest absolute Gasteiger partial charge is 0.361 e. The Morgan fingerprint density at radius 2 is 2.28 bits per heavy atom. The van der Waals surface area contributed by atoms with Crippen LogP contribution in [0.4, 0.5) is 0 Å². The number of para-hydroxylation sites is 1. The van der Waals surface area contributed by atoms with Crippen LogP contribution >= 0.6 is 0 Å². The number of hydrogen-bond donors (Lipinski definition) is 3. The van der Waals surface area contributed by atoms with Crippen molar-refractivity contribution in [3.63, 3.8) is 0 Å². The summed E-state index contributed by atoms with van der Waals surface area (Å²) in [6.45, 7) is 0.556. The Morgan fingerprint density at radius 1 is 1.44 bits per heavy atom. The van der Waals surface area contributed by atoms with Crippen molar-refractivity contribution in [3.05, 3.63) is 36.0 Å². The molecule has 4 heteroatoms. The number of aromatic amines is 1. The lowest BCUT2D eigenvalue weighted by atomic mass is 10.1. The molecule has 0 spiro atoms. The van der Waals surface area contributed by atoms with Gasteiger partial charge in [0.05, 0.1) is 11.1 Å². The third-order valence-corrected chi connectivity index (χ3v) is 3.56. The molecule has 1 saturated carbocycles. The van der Waals surface area contributed by atoms with Gasteiger partial charge in [0.15, 0.2) is 0 Å². The summed E-state index contributed by atoms with van der Waals surface area (Å²) in [7, 11) is 0. The fourth-order valence-electron chi connectivity index (χ4n) is 2.27. The minimum Gasteiger partial charge on any atom is -0.361 e. The Bertz CT molecular complexity index is 571. The summed E-state index contributed by atoms with van der Waals surface area (Å²) in [5, 5.41) is 3.97. The summed E-state index contributed by atoms with van der Waals surface area (Å²) in [6, 6.07) is 7.76. The van der Waals surface area contributed by atoms with Gasteiger partial charge in [0.1, 0.15) is 0 Å². The molecule has 0 bridgehead atoms. The number of carbonyl (C=O) groups is 1. The Labute approximate surface area is 106 Å². The van der Waals surface area contributed by atoms with Gasteiger partial charge >= 0.3 is 0 Å². The van der Waals surface area contributed by atoms with Crippen molar-refractivity contribution in [1.29, 1.82) is 0 Å². The molecule has 1 aromatic heterocycles. The Balaban J connectivity index is 1.73. The molecule has 94 valence electrons. The van der Waals surface area contributed by atoms with Crippen molar-refractivity contribution in [1.82, 2.24) is 10.3 Å². The van der Waals surface area contributed by atoms with E-state index >= 15 is 0 Å². The third-order valence-electron chi connectivity index (χ3n) is 3.56. The molecule has 3 rings (SSSR count). The molecule has 1 aliphatic carbocycles. The van der Waals surface area contributed by atoms with Crippen LogP contribution in [0.25, 0.3) is 10.9 Å². The van der Waals surface area contributed by atoms with E-state index in [1.54, 1.807) is 0 Å². The van der Waals surface area contributed by atoms with Gasteiger partial charge in [0, 0.05) is 24.2 Å². The zero-order valence-electron chi connectivity index (χ0n) is 10.1. The number of hydrogen-bond acceptors (Lipinski definition) is 2. The number of aromatic nitrogens is 1. The maximum absolute atomic E-state index is 12.1. The second-order valence-electron chi connectivity index (χ2n) is 4.96. The van der Waals surface area contributed by atoms with E-state index in [0.717, 1.165) is 10.9 Å². The lowest BCUT2D eigenvalue weighted by molar-refractivity contribution is 0.0952. The lowest BCUT2D eigenvalue weighted by Gasteiger charge is -2.11. The fourth-order valence-corrected chi connectivity index (χ4v) is 2.27. The highest BCUT2D eigenvalue weighted by Gasteiger charge is 2.28. The van der Waals surface area contributed by atoms with E-state index in [4.69, 9.17) is 5.73 Å². The number of benzene rings is 1. The zero-order valence-corrected chi connectivity index (χ0v) is 10.1.